The van der Waals surface area contributed by atoms with Gasteiger partial charge in [-0.3, -0.25) is 19.8 Å². The molecule has 1 N–H and O–H groups in total. The Morgan fingerprint density at radius 3 is 2.67 bits per heavy atom. The highest BCUT2D eigenvalue weighted by Crippen LogP contribution is 2.20. The molecule has 18 heavy (non-hydrogen) atoms. The molecule has 1 aliphatic rings. The van der Waals surface area contributed by atoms with Gasteiger partial charge in [0.1, 0.15) is 0 Å². The van der Waals surface area contributed by atoms with Crippen LogP contribution in [0.5, 0.6) is 0 Å². The average molecular weight is 267 g/mol. The summed E-state index contributed by atoms with van der Waals surface area (Å²) in [6, 6.07) is 7.22. The zero-order chi connectivity index (χ0) is 13.3. The van der Waals surface area contributed by atoms with Gasteiger partial charge in [-0.15, -0.1) is 0 Å². The molecule has 2 amide bonds. The van der Waals surface area contributed by atoms with Crippen LogP contribution in [0.4, 0.5) is 0 Å². The van der Waals surface area contributed by atoms with E-state index in [-0.39, 0.29) is 24.9 Å². The molecular weight excluding hydrogens is 252 g/mol. The molecule has 0 bridgehead atoms. The third-order valence-electron chi connectivity index (χ3n) is 3.05. The molecule has 0 spiro atoms. The molecule has 1 aromatic rings. The number of nitrogens with one attached hydrogen (secondary N) is 1. The van der Waals surface area contributed by atoms with E-state index in [9.17, 15) is 9.59 Å². The Morgan fingerprint density at radius 1 is 1.33 bits per heavy atom. The van der Waals surface area contributed by atoms with Crippen molar-refractivity contribution in [1.82, 2.24) is 10.2 Å². The monoisotopic (exact) mass is 266 g/mol. The van der Waals surface area contributed by atoms with Crippen molar-refractivity contribution in [2.75, 3.05) is 6.54 Å². The van der Waals surface area contributed by atoms with Crippen LogP contribution in [0.25, 0.3) is 0 Å². The van der Waals surface area contributed by atoms with Crippen LogP contribution < -0.4 is 5.32 Å². The van der Waals surface area contributed by atoms with Crippen LogP contribution in [0.1, 0.15) is 19.4 Å². The second-order valence-electron chi connectivity index (χ2n) is 4.85. The molecule has 5 heteroatoms. The van der Waals surface area contributed by atoms with Crippen LogP contribution in [0, 0.1) is 0 Å². The largest absolute Gasteiger partial charge is 0.295 e. The number of carbonyl (C=O) groups excluding carboxylic acids is 2. The van der Waals surface area contributed by atoms with Crippen molar-refractivity contribution in [2.24, 2.45) is 0 Å². The van der Waals surface area contributed by atoms with E-state index in [1.807, 2.05) is 18.2 Å². The highest BCUT2D eigenvalue weighted by Gasteiger charge is 2.39. The van der Waals surface area contributed by atoms with Gasteiger partial charge in [-0.2, -0.15) is 0 Å². The minimum absolute atomic E-state index is 0.170. The van der Waals surface area contributed by atoms with Gasteiger partial charge < -0.3 is 0 Å². The van der Waals surface area contributed by atoms with Crippen molar-refractivity contribution in [3.8, 4) is 0 Å². The predicted octanol–water partition coefficient (Wildman–Crippen LogP) is 1.58. The van der Waals surface area contributed by atoms with Crippen molar-refractivity contribution >= 4 is 23.4 Å². The smallest absolute Gasteiger partial charge is 0.249 e. The number of amides is 2. The Hall–Kier alpha value is -1.39. The lowest BCUT2D eigenvalue weighted by molar-refractivity contribution is -0.153. The fourth-order valence-corrected chi connectivity index (χ4v) is 2.07. The summed E-state index contributed by atoms with van der Waals surface area (Å²) in [6.45, 7) is 3.92. The van der Waals surface area contributed by atoms with E-state index in [1.54, 1.807) is 19.9 Å². The van der Waals surface area contributed by atoms with Crippen molar-refractivity contribution in [1.29, 1.82) is 0 Å². The van der Waals surface area contributed by atoms with Gasteiger partial charge in [0, 0.05) is 5.02 Å². The third kappa shape index (κ3) is 2.40. The SMILES string of the molecule is CC1(C)NCC(=O)N(Cc2ccccc2Cl)C1=O. The van der Waals surface area contributed by atoms with Gasteiger partial charge in [-0.1, -0.05) is 29.8 Å². The van der Waals surface area contributed by atoms with Crippen molar-refractivity contribution in [3.05, 3.63) is 34.9 Å². The first kappa shape index (κ1) is 13.1. The maximum absolute atomic E-state index is 12.2. The second kappa shape index (κ2) is 4.71. The molecule has 0 aromatic heterocycles. The van der Waals surface area contributed by atoms with E-state index >= 15 is 0 Å². The number of halogens is 1. The lowest BCUT2D eigenvalue weighted by Crippen LogP contribution is -2.63. The lowest BCUT2D eigenvalue weighted by Gasteiger charge is -2.36. The number of piperazine rings is 1. The first-order chi connectivity index (χ1) is 8.42. The van der Waals surface area contributed by atoms with Crippen LogP contribution in [0.2, 0.25) is 5.02 Å². The summed E-state index contributed by atoms with van der Waals surface area (Å²) in [6.07, 6.45) is 0. The molecule has 1 saturated heterocycles. The maximum atomic E-state index is 12.2. The fraction of sp³-hybridized carbons (Fsp3) is 0.385. The summed E-state index contributed by atoms with van der Waals surface area (Å²) in [4.78, 5) is 25.2. The van der Waals surface area contributed by atoms with Gasteiger partial charge in [-0.25, -0.2) is 0 Å². The summed E-state index contributed by atoms with van der Waals surface area (Å²) in [5, 5.41) is 3.48. The minimum atomic E-state index is -0.713. The summed E-state index contributed by atoms with van der Waals surface area (Å²) in [5.41, 5.74) is 0.0633. The topological polar surface area (TPSA) is 49.4 Å². The van der Waals surface area contributed by atoms with Crippen molar-refractivity contribution < 1.29 is 9.59 Å². The van der Waals surface area contributed by atoms with E-state index in [1.165, 1.54) is 4.90 Å². The van der Waals surface area contributed by atoms with E-state index in [0.29, 0.717) is 5.02 Å². The molecule has 0 radical (unpaired) electrons. The van der Waals surface area contributed by atoms with Crippen LogP contribution in [-0.4, -0.2) is 28.8 Å². The summed E-state index contributed by atoms with van der Waals surface area (Å²) in [7, 11) is 0. The third-order valence-corrected chi connectivity index (χ3v) is 3.42. The number of hydrogen-bond donors (Lipinski definition) is 1. The van der Waals surface area contributed by atoms with Gasteiger partial charge in [0.05, 0.1) is 18.6 Å². The minimum Gasteiger partial charge on any atom is -0.295 e. The Morgan fingerprint density at radius 2 is 2.00 bits per heavy atom. The van der Waals surface area contributed by atoms with E-state index in [2.05, 4.69) is 5.32 Å². The molecule has 1 aromatic carbocycles. The number of nitrogens with zero attached hydrogens (tertiary/aromatic N) is 1. The molecule has 4 nitrogen and oxygen atoms in total. The van der Waals surface area contributed by atoms with Crippen LogP contribution >= 0.6 is 11.6 Å². The average Bonchev–Trinajstić information content (AvgIpc) is 2.33. The molecule has 0 saturated carbocycles. The van der Waals surface area contributed by atoms with E-state index in [0.717, 1.165) is 5.56 Å². The molecule has 1 fully saturated rings. The summed E-state index contributed by atoms with van der Waals surface area (Å²) < 4.78 is 0. The number of carbonyl (C=O) groups is 2. The second-order valence-corrected chi connectivity index (χ2v) is 5.26. The Kier molecular flexibility index (Phi) is 3.41. The van der Waals surface area contributed by atoms with E-state index in [4.69, 9.17) is 11.6 Å². The maximum Gasteiger partial charge on any atom is 0.249 e. The number of benzene rings is 1. The molecule has 0 aliphatic carbocycles. The Bertz CT molecular complexity index is 500. The van der Waals surface area contributed by atoms with Gasteiger partial charge in [0.15, 0.2) is 0 Å². The summed E-state index contributed by atoms with van der Waals surface area (Å²) >= 11 is 6.05. The van der Waals surface area contributed by atoms with Gasteiger partial charge in [0.25, 0.3) is 0 Å². The zero-order valence-electron chi connectivity index (χ0n) is 10.4. The van der Waals surface area contributed by atoms with Crippen LogP contribution in [-0.2, 0) is 16.1 Å². The standard InChI is InChI=1S/C13H15ClN2O2/c1-13(2)12(18)16(11(17)7-15-13)8-9-5-3-4-6-10(9)14/h3-6,15H,7-8H2,1-2H3. The first-order valence-electron chi connectivity index (χ1n) is 5.75. The number of imide groups is 1. The lowest BCUT2D eigenvalue weighted by atomic mass is 10.00. The number of rotatable bonds is 2. The molecule has 96 valence electrons. The molecule has 2 rings (SSSR count). The van der Waals surface area contributed by atoms with Crippen molar-refractivity contribution in [2.45, 2.75) is 25.9 Å². The molecule has 1 heterocycles. The first-order valence-corrected chi connectivity index (χ1v) is 6.13. The molecule has 0 unspecified atom stereocenters. The van der Waals surface area contributed by atoms with Crippen molar-refractivity contribution in [3.63, 3.8) is 0 Å². The molecule has 0 atom stereocenters. The highest BCUT2D eigenvalue weighted by molar-refractivity contribution is 6.31. The predicted molar refractivity (Wildman–Crippen MR) is 69.1 cm³/mol. The molecule has 1 aliphatic heterocycles. The van der Waals surface area contributed by atoms with Gasteiger partial charge in [-0.05, 0) is 25.5 Å². The highest BCUT2D eigenvalue weighted by atomic mass is 35.5. The van der Waals surface area contributed by atoms with E-state index < -0.39 is 5.54 Å². The molecular formula is C13H15ClN2O2. The summed E-state index contributed by atoms with van der Waals surface area (Å²) in [5.74, 6) is -0.446. The van der Waals surface area contributed by atoms with Gasteiger partial charge >= 0.3 is 0 Å². The Balaban J connectivity index is 2.24. The number of hydrogen-bond acceptors (Lipinski definition) is 3. The normalized spacial score (nSPS) is 19.2. The fourth-order valence-electron chi connectivity index (χ4n) is 1.88. The Labute approximate surface area is 111 Å². The zero-order valence-corrected chi connectivity index (χ0v) is 11.1. The van der Waals surface area contributed by atoms with Crippen LogP contribution in [0.15, 0.2) is 24.3 Å². The van der Waals surface area contributed by atoms with Gasteiger partial charge in [0.2, 0.25) is 11.8 Å². The quantitative estimate of drug-likeness (QED) is 0.827. The van der Waals surface area contributed by atoms with Crippen LogP contribution in [0.3, 0.4) is 0 Å².